The lowest BCUT2D eigenvalue weighted by atomic mass is 9.94. The van der Waals surface area contributed by atoms with Crippen molar-refractivity contribution >= 4 is 21.7 Å². The van der Waals surface area contributed by atoms with E-state index in [-0.39, 0.29) is 5.82 Å². The van der Waals surface area contributed by atoms with Crippen molar-refractivity contribution in [1.82, 2.24) is 4.98 Å². The third-order valence-corrected chi connectivity index (χ3v) is 5.18. The van der Waals surface area contributed by atoms with Crippen molar-refractivity contribution in [3.05, 3.63) is 71.5 Å². The number of aromatic nitrogens is 1. The fraction of sp³-hybridized carbons (Fsp3) is 0.217. The van der Waals surface area contributed by atoms with Crippen LogP contribution < -0.4 is 5.73 Å². The van der Waals surface area contributed by atoms with Crippen LogP contribution in [0.3, 0.4) is 0 Å². The summed E-state index contributed by atoms with van der Waals surface area (Å²) in [6, 6.07) is 18.0. The van der Waals surface area contributed by atoms with Gasteiger partial charge in [-0.2, -0.15) is 0 Å². The van der Waals surface area contributed by atoms with E-state index in [9.17, 15) is 4.39 Å². The van der Waals surface area contributed by atoms with E-state index in [0.717, 1.165) is 35.9 Å². The summed E-state index contributed by atoms with van der Waals surface area (Å²) in [5, 5.41) is 3.40. The molecule has 0 aliphatic rings. The molecule has 0 amide bonds. The average molecular weight is 346 g/mol. The molecule has 4 aromatic rings. The number of benzene rings is 3. The largest absolute Gasteiger partial charge is 0.352 e. The number of para-hydroxylation sites is 1. The molecule has 1 aromatic heterocycles. The van der Waals surface area contributed by atoms with Crippen molar-refractivity contribution < 1.29 is 4.39 Å². The molecule has 3 heteroatoms. The Morgan fingerprint density at radius 1 is 0.885 bits per heavy atom. The zero-order valence-corrected chi connectivity index (χ0v) is 15.0. The third-order valence-electron chi connectivity index (χ3n) is 5.18. The van der Waals surface area contributed by atoms with Crippen LogP contribution in [0, 0.1) is 12.7 Å². The van der Waals surface area contributed by atoms with Crippen LogP contribution in [0.25, 0.3) is 32.9 Å². The number of aryl methyl sites for hydroxylation is 2. The van der Waals surface area contributed by atoms with Gasteiger partial charge >= 0.3 is 0 Å². The van der Waals surface area contributed by atoms with Crippen molar-refractivity contribution in [2.45, 2.75) is 26.2 Å². The summed E-state index contributed by atoms with van der Waals surface area (Å²) in [5.41, 5.74) is 10.9. The summed E-state index contributed by atoms with van der Waals surface area (Å²) in [6.07, 6.45) is 2.85. The second-order valence-corrected chi connectivity index (χ2v) is 6.86. The van der Waals surface area contributed by atoms with Gasteiger partial charge in [0.1, 0.15) is 5.82 Å². The van der Waals surface area contributed by atoms with Crippen molar-refractivity contribution in [2.24, 2.45) is 5.73 Å². The Balaban J connectivity index is 1.98. The summed E-state index contributed by atoms with van der Waals surface area (Å²) in [7, 11) is 0. The van der Waals surface area contributed by atoms with Gasteiger partial charge in [-0.25, -0.2) is 4.39 Å². The van der Waals surface area contributed by atoms with Crippen LogP contribution in [0.5, 0.6) is 0 Å². The molecule has 0 bridgehead atoms. The lowest BCUT2D eigenvalue weighted by Gasteiger charge is -2.10. The number of aromatic amines is 1. The fourth-order valence-electron chi connectivity index (χ4n) is 3.84. The van der Waals surface area contributed by atoms with E-state index >= 15 is 0 Å². The molecule has 0 saturated carbocycles. The van der Waals surface area contributed by atoms with Gasteiger partial charge in [0, 0.05) is 10.9 Å². The van der Waals surface area contributed by atoms with Crippen LogP contribution >= 0.6 is 0 Å². The number of nitrogens with two attached hydrogens (primary N) is 1. The standard InChI is InChI=1S/C23H23FN2/c1-15-12-13-20(17-8-3-2-7-16(15)17)22-18(9-4-5-14-25)19-10-6-11-21(24)23(19)26-22/h2-3,6-8,10-13,26H,4-5,9,14,25H2,1H3. The van der Waals surface area contributed by atoms with Crippen LogP contribution in [0.15, 0.2) is 54.6 Å². The molecule has 0 unspecified atom stereocenters. The number of unbranched alkanes of at least 4 members (excludes halogenated alkanes) is 1. The van der Waals surface area contributed by atoms with Crippen LogP contribution in [0.2, 0.25) is 0 Å². The summed E-state index contributed by atoms with van der Waals surface area (Å²) >= 11 is 0. The molecule has 132 valence electrons. The van der Waals surface area contributed by atoms with Crippen molar-refractivity contribution in [3.8, 4) is 11.3 Å². The van der Waals surface area contributed by atoms with Crippen molar-refractivity contribution in [2.75, 3.05) is 6.54 Å². The first kappa shape index (κ1) is 16.8. The molecule has 2 nitrogen and oxygen atoms in total. The van der Waals surface area contributed by atoms with E-state index < -0.39 is 0 Å². The quantitative estimate of drug-likeness (QED) is 0.446. The van der Waals surface area contributed by atoms with Crippen molar-refractivity contribution in [1.29, 1.82) is 0 Å². The Morgan fingerprint density at radius 3 is 2.46 bits per heavy atom. The molecule has 3 N–H and O–H groups in total. The number of hydrogen-bond donors (Lipinski definition) is 2. The highest BCUT2D eigenvalue weighted by Gasteiger charge is 2.17. The fourth-order valence-corrected chi connectivity index (χ4v) is 3.84. The number of nitrogens with one attached hydrogen (secondary N) is 1. The summed E-state index contributed by atoms with van der Waals surface area (Å²) in [6.45, 7) is 2.80. The number of H-pyrrole nitrogens is 1. The van der Waals surface area contributed by atoms with Crippen LogP contribution in [-0.2, 0) is 6.42 Å². The van der Waals surface area contributed by atoms with E-state index in [4.69, 9.17) is 5.73 Å². The Bertz CT molecular complexity index is 1080. The minimum absolute atomic E-state index is 0.203. The first-order chi connectivity index (χ1) is 12.7. The number of rotatable bonds is 5. The predicted octanol–water partition coefficient (Wildman–Crippen LogP) is 5.72. The van der Waals surface area contributed by atoms with Crippen molar-refractivity contribution in [3.63, 3.8) is 0 Å². The molecule has 0 atom stereocenters. The smallest absolute Gasteiger partial charge is 0.147 e. The lowest BCUT2D eigenvalue weighted by Crippen LogP contribution is -1.99. The Labute approximate surface area is 152 Å². The Kier molecular flexibility index (Phi) is 4.48. The molecule has 0 fully saturated rings. The summed E-state index contributed by atoms with van der Waals surface area (Å²) in [4.78, 5) is 3.38. The molecule has 0 aliphatic heterocycles. The third kappa shape index (κ3) is 2.78. The summed E-state index contributed by atoms with van der Waals surface area (Å²) < 4.78 is 14.4. The molecule has 0 saturated heterocycles. The van der Waals surface area contributed by atoms with Gasteiger partial charge in [0.2, 0.25) is 0 Å². The molecule has 0 spiro atoms. The predicted molar refractivity (Wildman–Crippen MR) is 108 cm³/mol. The molecule has 26 heavy (non-hydrogen) atoms. The van der Waals surface area contributed by atoms with Gasteiger partial charge in [-0.1, -0.05) is 48.5 Å². The van der Waals surface area contributed by atoms with Crippen LogP contribution in [0.1, 0.15) is 24.0 Å². The Morgan fingerprint density at radius 2 is 1.65 bits per heavy atom. The highest BCUT2D eigenvalue weighted by atomic mass is 19.1. The summed E-state index contributed by atoms with van der Waals surface area (Å²) in [5.74, 6) is -0.203. The maximum Gasteiger partial charge on any atom is 0.147 e. The first-order valence-corrected chi connectivity index (χ1v) is 9.18. The topological polar surface area (TPSA) is 41.8 Å². The van der Waals surface area contributed by atoms with E-state index in [0.29, 0.717) is 12.1 Å². The number of hydrogen-bond acceptors (Lipinski definition) is 1. The zero-order valence-electron chi connectivity index (χ0n) is 15.0. The molecule has 4 rings (SSSR count). The number of halogens is 1. The van der Waals surface area contributed by atoms with E-state index in [2.05, 4.69) is 48.3 Å². The van der Waals surface area contributed by atoms with E-state index in [1.165, 1.54) is 28.0 Å². The molecular formula is C23H23FN2. The number of fused-ring (bicyclic) bond motifs is 2. The zero-order chi connectivity index (χ0) is 18.1. The van der Waals surface area contributed by atoms with Gasteiger partial charge < -0.3 is 10.7 Å². The maximum atomic E-state index is 14.4. The van der Waals surface area contributed by atoms with Gasteiger partial charge in [0.25, 0.3) is 0 Å². The maximum absolute atomic E-state index is 14.4. The highest BCUT2D eigenvalue weighted by Crippen LogP contribution is 2.37. The van der Waals surface area contributed by atoms with Gasteiger partial charge in [0.15, 0.2) is 0 Å². The first-order valence-electron chi connectivity index (χ1n) is 9.18. The highest BCUT2D eigenvalue weighted by molar-refractivity contribution is 6.01. The van der Waals surface area contributed by atoms with E-state index in [1.807, 2.05) is 6.07 Å². The molecule has 3 aromatic carbocycles. The second kappa shape index (κ2) is 6.93. The average Bonchev–Trinajstić information content (AvgIpc) is 3.03. The molecular weight excluding hydrogens is 323 g/mol. The van der Waals surface area contributed by atoms with Gasteiger partial charge in [-0.05, 0) is 60.7 Å². The SMILES string of the molecule is Cc1ccc(-c2[nH]c3c(F)cccc3c2CCCCN)c2ccccc12. The van der Waals surface area contributed by atoms with Gasteiger partial charge in [0.05, 0.1) is 11.2 Å². The lowest BCUT2D eigenvalue weighted by molar-refractivity contribution is 0.637. The minimum atomic E-state index is -0.203. The molecule has 0 radical (unpaired) electrons. The van der Waals surface area contributed by atoms with Gasteiger partial charge in [-0.3, -0.25) is 0 Å². The second-order valence-electron chi connectivity index (χ2n) is 6.86. The molecule has 0 aliphatic carbocycles. The minimum Gasteiger partial charge on any atom is -0.352 e. The van der Waals surface area contributed by atoms with Crippen LogP contribution in [0.4, 0.5) is 4.39 Å². The monoisotopic (exact) mass is 346 g/mol. The van der Waals surface area contributed by atoms with Crippen LogP contribution in [-0.4, -0.2) is 11.5 Å². The normalized spacial score (nSPS) is 11.5. The van der Waals surface area contributed by atoms with Gasteiger partial charge in [-0.15, -0.1) is 0 Å². The van der Waals surface area contributed by atoms with E-state index in [1.54, 1.807) is 6.07 Å². The Hall–Kier alpha value is -2.65. The molecule has 1 heterocycles.